The number of rotatable bonds is 3. The minimum Gasteiger partial charge on any atom is -0.388 e. The van der Waals surface area contributed by atoms with Crippen molar-refractivity contribution in [1.82, 2.24) is 9.97 Å². The standard InChI is InChI=1S/C12H19ClN4O/c1-8-3-2-4-12(18,5-8)6-15-11-9(13)10(14)16-7-17-11/h7-8,18H,2-6H2,1H3,(H3,14,15,16,17). The number of nitrogen functional groups attached to an aromatic ring is 1. The molecule has 1 heterocycles. The van der Waals surface area contributed by atoms with E-state index in [2.05, 4.69) is 22.2 Å². The Morgan fingerprint density at radius 1 is 1.61 bits per heavy atom. The van der Waals surface area contributed by atoms with Crippen molar-refractivity contribution in [1.29, 1.82) is 0 Å². The van der Waals surface area contributed by atoms with Gasteiger partial charge in [-0.15, -0.1) is 0 Å². The van der Waals surface area contributed by atoms with Crippen LogP contribution in [0.2, 0.25) is 5.02 Å². The van der Waals surface area contributed by atoms with E-state index in [0.29, 0.717) is 23.3 Å². The van der Waals surface area contributed by atoms with Crippen molar-refractivity contribution >= 4 is 23.2 Å². The summed E-state index contributed by atoms with van der Waals surface area (Å²) in [6.45, 7) is 2.60. The van der Waals surface area contributed by atoms with Gasteiger partial charge in [0.15, 0.2) is 5.82 Å². The number of anilines is 2. The summed E-state index contributed by atoms with van der Waals surface area (Å²) in [5.74, 6) is 1.28. The lowest BCUT2D eigenvalue weighted by Crippen LogP contribution is -2.41. The first kappa shape index (κ1) is 13.4. The maximum absolute atomic E-state index is 10.5. The highest BCUT2D eigenvalue weighted by atomic mass is 35.5. The van der Waals surface area contributed by atoms with Gasteiger partial charge in [-0.3, -0.25) is 0 Å². The number of nitrogens with one attached hydrogen (secondary N) is 1. The largest absolute Gasteiger partial charge is 0.388 e. The van der Waals surface area contributed by atoms with Crippen LogP contribution in [-0.4, -0.2) is 27.2 Å². The normalized spacial score (nSPS) is 28.1. The van der Waals surface area contributed by atoms with Crippen LogP contribution in [0.25, 0.3) is 0 Å². The number of hydrogen-bond donors (Lipinski definition) is 3. The van der Waals surface area contributed by atoms with Crippen LogP contribution in [0.3, 0.4) is 0 Å². The second-order valence-corrected chi connectivity index (χ2v) is 5.58. The summed E-state index contributed by atoms with van der Waals surface area (Å²) in [6, 6.07) is 0. The number of aromatic nitrogens is 2. The summed E-state index contributed by atoms with van der Waals surface area (Å²) in [5.41, 5.74) is 4.92. The molecule has 100 valence electrons. The fourth-order valence-electron chi connectivity index (χ4n) is 2.55. The van der Waals surface area contributed by atoms with E-state index in [1.54, 1.807) is 0 Å². The van der Waals surface area contributed by atoms with Gasteiger partial charge in [-0.1, -0.05) is 31.4 Å². The van der Waals surface area contributed by atoms with Gasteiger partial charge >= 0.3 is 0 Å². The molecule has 0 bridgehead atoms. The monoisotopic (exact) mass is 270 g/mol. The Labute approximate surface area is 112 Å². The molecule has 5 nitrogen and oxygen atoms in total. The molecule has 1 aromatic rings. The molecule has 0 saturated heterocycles. The molecule has 2 atom stereocenters. The average Bonchev–Trinajstić information content (AvgIpc) is 2.31. The number of halogens is 1. The third kappa shape index (κ3) is 3.03. The lowest BCUT2D eigenvalue weighted by molar-refractivity contribution is -0.000824. The van der Waals surface area contributed by atoms with E-state index in [1.807, 2.05) is 0 Å². The summed E-state index contributed by atoms with van der Waals surface area (Å²) in [6.07, 6.45) is 5.21. The van der Waals surface area contributed by atoms with Crippen molar-refractivity contribution in [2.75, 3.05) is 17.6 Å². The van der Waals surface area contributed by atoms with Crippen LogP contribution in [0, 0.1) is 5.92 Å². The molecule has 2 rings (SSSR count). The first-order chi connectivity index (χ1) is 8.50. The zero-order valence-electron chi connectivity index (χ0n) is 10.5. The highest BCUT2D eigenvalue weighted by Crippen LogP contribution is 2.33. The molecule has 0 spiro atoms. The Hall–Kier alpha value is -1.07. The van der Waals surface area contributed by atoms with Gasteiger partial charge in [0.05, 0.1) is 5.60 Å². The van der Waals surface area contributed by atoms with Gasteiger partial charge in [-0.05, 0) is 18.8 Å². The summed E-state index contributed by atoms with van der Waals surface area (Å²) in [4.78, 5) is 7.82. The van der Waals surface area contributed by atoms with Crippen molar-refractivity contribution in [3.63, 3.8) is 0 Å². The van der Waals surface area contributed by atoms with Crippen LogP contribution in [0.4, 0.5) is 11.6 Å². The van der Waals surface area contributed by atoms with Gasteiger partial charge in [0.2, 0.25) is 0 Å². The predicted octanol–water partition coefficient (Wildman–Crippen LogP) is 2.07. The molecule has 0 amide bonds. The zero-order valence-corrected chi connectivity index (χ0v) is 11.2. The Bertz CT molecular complexity index is 429. The van der Waals surface area contributed by atoms with E-state index in [1.165, 1.54) is 12.7 Å². The maximum Gasteiger partial charge on any atom is 0.150 e. The lowest BCUT2D eigenvalue weighted by Gasteiger charge is -2.35. The molecular weight excluding hydrogens is 252 g/mol. The van der Waals surface area contributed by atoms with Gasteiger partial charge in [-0.2, -0.15) is 0 Å². The number of aliphatic hydroxyl groups is 1. The molecule has 1 saturated carbocycles. The van der Waals surface area contributed by atoms with Crippen molar-refractivity contribution in [3.05, 3.63) is 11.3 Å². The van der Waals surface area contributed by atoms with E-state index in [-0.39, 0.29) is 5.82 Å². The van der Waals surface area contributed by atoms with E-state index in [9.17, 15) is 5.11 Å². The van der Waals surface area contributed by atoms with E-state index in [0.717, 1.165) is 19.3 Å². The van der Waals surface area contributed by atoms with Gasteiger partial charge in [0.1, 0.15) is 17.2 Å². The molecule has 2 unspecified atom stereocenters. The molecule has 1 fully saturated rings. The van der Waals surface area contributed by atoms with Crippen molar-refractivity contribution < 1.29 is 5.11 Å². The second-order valence-electron chi connectivity index (χ2n) is 5.20. The van der Waals surface area contributed by atoms with Crippen LogP contribution >= 0.6 is 11.6 Å². The minimum absolute atomic E-state index is 0.248. The van der Waals surface area contributed by atoms with Crippen molar-refractivity contribution in [2.45, 2.75) is 38.2 Å². The minimum atomic E-state index is -0.680. The van der Waals surface area contributed by atoms with Gasteiger partial charge in [-0.25, -0.2) is 9.97 Å². The summed E-state index contributed by atoms with van der Waals surface area (Å²) in [5, 5.41) is 13.9. The molecule has 0 radical (unpaired) electrons. The molecule has 1 aliphatic rings. The summed E-state index contributed by atoms with van der Waals surface area (Å²) >= 11 is 5.99. The predicted molar refractivity (Wildman–Crippen MR) is 72.5 cm³/mol. The van der Waals surface area contributed by atoms with Crippen LogP contribution < -0.4 is 11.1 Å². The molecule has 6 heteroatoms. The van der Waals surface area contributed by atoms with E-state index >= 15 is 0 Å². The van der Waals surface area contributed by atoms with Crippen molar-refractivity contribution in [2.24, 2.45) is 5.92 Å². The van der Waals surface area contributed by atoms with E-state index < -0.39 is 5.60 Å². The van der Waals surface area contributed by atoms with Crippen LogP contribution in [0.5, 0.6) is 0 Å². The van der Waals surface area contributed by atoms with Gasteiger partial charge in [0.25, 0.3) is 0 Å². The third-order valence-electron chi connectivity index (χ3n) is 3.47. The molecule has 4 N–H and O–H groups in total. The Morgan fingerprint density at radius 2 is 2.39 bits per heavy atom. The molecule has 18 heavy (non-hydrogen) atoms. The molecule has 1 aliphatic carbocycles. The van der Waals surface area contributed by atoms with E-state index in [4.69, 9.17) is 17.3 Å². The third-order valence-corrected chi connectivity index (χ3v) is 3.84. The highest BCUT2D eigenvalue weighted by molar-refractivity contribution is 6.35. The number of nitrogens with zero attached hydrogens (tertiary/aromatic N) is 2. The van der Waals surface area contributed by atoms with Crippen LogP contribution in [0.15, 0.2) is 6.33 Å². The molecule has 0 aliphatic heterocycles. The second kappa shape index (κ2) is 5.28. The summed E-state index contributed by atoms with van der Waals surface area (Å²) < 4.78 is 0. The molecule has 0 aromatic carbocycles. The Morgan fingerprint density at radius 3 is 3.11 bits per heavy atom. The number of nitrogens with two attached hydrogens (primary N) is 1. The molecular formula is C12H19ClN4O. The van der Waals surface area contributed by atoms with Gasteiger partial charge < -0.3 is 16.2 Å². The first-order valence-electron chi connectivity index (χ1n) is 6.22. The quantitative estimate of drug-likeness (QED) is 0.783. The molecule has 1 aromatic heterocycles. The Kier molecular flexibility index (Phi) is 3.92. The first-order valence-corrected chi connectivity index (χ1v) is 6.60. The smallest absolute Gasteiger partial charge is 0.150 e. The fourth-order valence-corrected chi connectivity index (χ4v) is 2.71. The average molecular weight is 271 g/mol. The summed E-state index contributed by atoms with van der Waals surface area (Å²) in [7, 11) is 0. The maximum atomic E-state index is 10.5. The SMILES string of the molecule is CC1CCCC(O)(CNc2ncnc(N)c2Cl)C1. The topological polar surface area (TPSA) is 84.1 Å². The van der Waals surface area contributed by atoms with Crippen LogP contribution in [-0.2, 0) is 0 Å². The number of hydrogen-bond acceptors (Lipinski definition) is 5. The van der Waals surface area contributed by atoms with Gasteiger partial charge in [0, 0.05) is 6.54 Å². The zero-order chi connectivity index (χ0) is 13.2. The van der Waals surface area contributed by atoms with Crippen molar-refractivity contribution in [3.8, 4) is 0 Å². The lowest BCUT2D eigenvalue weighted by atomic mass is 9.79. The Balaban J connectivity index is 2.00. The van der Waals surface area contributed by atoms with Crippen LogP contribution in [0.1, 0.15) is 32.6 Å². The highest BCUT2D eigenvalue weighted by Gasteiger charge is 2.32. The fraction of sp³-hybridized carbons (Fsp3) is 0.667.